The quantitative estimate of drug-likeness (QED) is 0.288. The average Bonchev–Trinajstić information content (AvgIpc) is 2.71. The standard InChI is InChI=1S/C23H18O11S/c1-9(24)30-16-7-6-14-18(29)15-8-17(31-10(2)25)19(32-11(3)26)21(34-13(5)28)23(15)35-22(14)20(16)33-12(4)27/h6-8H,1-5H3. The minimum Gasteiger partial charge on any atom is -0.423 e. The largest absolute Gasteiger partial charge is 0.423 e. The summed E-state index contributed by atoms with van der Waals surface area (Å²) in [5.74, 6) is -5.31. The van der Waals surface area contributed by atoms with Crippen molar-refractivity contribution in [3.05, 3.63) is 28.4 Å². The van der Waals surface area contributed by atoms with Gasteiger partial charge in [0.2, 0.25) is 5.75 Å². The highest BCUT2D eigenvalue weighted by molar-refractivity contribution is 7.25. The molecule has 0 atom stereocenters. The van der Waals surface area contributed by atoms with Gasteiger partial charge < -0.3 is 23.7 Å². The van der Waals surface area contributed by atoms with Gasteiger partial charge >= 0.3 is 29.8 Å². The Bertz CT molecular complexity index is 1480. The summed E-state index contributed by atoms with van der Waals surface area (Å²) in [6.07, 6.45) is 0. The highest BCUT2D eigenvalue weighted by Gasteiger charge is 2.26. The molecule has 3 aromatic rings. The third-order valence-corrected chi connectivity index (χ3v) is 5.39. The first kappa shape index (κ1) is 25.3. The molecule has 182 valence electrons. The van der Waals surface area contributed by atoms with Gasteiger partial charge in [-0.15, -0.1) is 11.3 Å². The smallest absolute Gasteiger partial charge is 0.308 e. The van der Waals surface area contributed by atoms with E-state index in [0.717, 1.165) is 46.0 Å². The Balaban J connectivity index is 2.54. The SMILES string of the molecule is CC(=O)Oc1cc2c(=O)c3ccc(OC(C)=O)c(OC(C)=O)c3sc2c(OC(C)=O)c1OC(C)=O. The number of carbonyl (C=O) groups is 5. The number of ether oxygens (including phenoxy) is 5. The molecule has 0 radical (unpaired) electrons. The van der Waals surface area contributed by atoms with E-state index >= 15 is 0 Å². The molecule has 3 rings (SSSR count). The van der Waals surface area contributed by atoms with Gasteiger partial charge in [0.25, 0.3) is 0 Å². The monoisotopic (exact) mass is 502 g/mol. The molecule has 0 saturated heterocycles. The van der Waals surface area contributed by atoms with Crippen LogP contribution < -0.4 is 29.1 Å². The van der Waals surface area contributed by atoms with Gasteiger partial charge in [0, 0.05) is 45.4 Å². The van der Waals surface area contributed by atoms with E-state index in [1.54, 1.807) is 0 Å². The topological polar surface area (TPSA) is 149 Å². The van der Waals surface area contributed by atoms with Crippen LogP contribution in [0.25, 0.3) is 20.2 Å². The molecule has 2 aromatic carbocycles. The molecular weight excluding hydrogens is 484 g/mol. The molecule has 0 unspecified atom stereocenters. The minimum absolute atomic E-state index is 0.0122. The van der Waals surface area contributed by atoms with Crippen molar-refractivity contribution in [2.45, 2.75) is 34.6 Å². The summed E-state index contributed by atoms with van der Waals surface area (Å²) in [6, 6.07) is 3.82. The highest BCUT2D eigenvalue weighted by atomic mass is 32.1. The van der Waals surface area contributed by atoms with Gasteiger partial charge in [-0.05, 0) is 18.2 Å². The minimum atomic E-state index is -0.826. The lowest BCUT2D eigenvalue weighted by Crippen LogP contribution is -2.13. The van der Waals surface area contributed by atoms with Crippen LogP contribution in [0, 0.1) is 0 Å². The maximum absolute atomic E-state index is 13.4. The summed E-state index contributed by atoms with van der Waals surface area (Å²) in [7, 11) is 0. The molecule has 0 amide bonds. The molecule has 1 aromatic heterocycles. The van der Waals surface area contributed by atoms with E-state index in [2.05, 4.69) is 0 Å². The van der Waals surface area contributed by atoms with Crippen LogP contribution in [0.1, 0.15) is 34.6 Å². The van der Waals surface area contributed by atoms with E-state index in [-0.39, 0.29) is 43.2 Å². The van der Waals surface area contributed by atoms with Gasteiger partial charge in [0.1, 0.15) is 0 Å². The summed E-state index contributed by atoms with van der Waals surface area (Å²) < 4.78 is 26.0. The molecule has 35 heavy (non-hydrogen) atoms. The Kier molecular flexibility index (Phi) is 7.15. The number of benzene rings is 2. The van der Waals surface area contributed by atoms with Crippen LogP contribution in [-0.4, -0.2) is 29.8 Å². The van der Waals surface area contributed by atoms with Crippen LogP contribution in [0.3, 0.4) is 0 Å². The van der Waals surface area contributed by atoms with E-state index in [4.69, 9.17) is 23.7 Å². The van der Waals surface area contributed by atoms with E-state index < -0.39 is 41.0 Å². The third-order valence-electron chi connectivity index (χ3n) is 4.17. The predicted molar refractivity (Wildman–Crippen MR) is 122 cm³/mol. The fraction of sp³-hybridized carbons (Fsp3) is 0.217. The van der Waals surface area contributed by atoms with Crippen LogP contribution in [0.5, 0.6) is 28.7 Å². The second-order valence-corrected chi connectivity index (χ2v) is 8.10. The molecule has 0 bridgehead atoms. The number of hydrogen-bond acceptors (Lipinski definition) is 12. The molecule has 1 heterocycles. The molecular formula is C23H18O11S. The fourth-order valence-electron chi connectivity index (χ4n) is 3.12. The highest BCUT2D eigenvalue weighted by Crippen LogP contribution is 2.48. The number of hydrogen-bond donors (Lipinski definition) is 0. The first-order valence-electron chi connectivity index (χ1n) is 9.91. The Morgan fingerprint density at radius 1 is 0.571 bits per heavy atom. The van der Waals surface area contributed by atoms with Crippen LogP contribution in [0.15, 0.2) is 23.0 Å². The molecule has 0 aliphatic carbocycles. The number of fused-ring (bicyclic) bond motifs is 2. The summed E-state index contributed by atoms with van der Waals surface area (Å²) in [4.78, 5) is 72.1. The molecule has 12 heteroatoms. The Hall–Kier alpha value is -4.32. The first-order valence-corrected chi connectivity index (χ1v) is 10.7. The molecule has 0 fully saturated rings. The van der Waals surface area contributed by atoms with Gasteiger partial charge in [0.15, 0.2) is 28.4 Å². The van der Waals surface area contributed by atoms with Gasteiger partial charge in [-0.25, -0.2) is 0 Å². The maximum atomic E-state index is 13.4. The zero-order valence-electron chi connectivity index (χ0n) is 19.1. The van der Waals surface area contributed by atoms with Gasteiger partial charge in [-0.1, -0.05) is 0 Å². The van der Waals surface area contributed by atoms with Crippen molar-refractivity contribution in [2.75, 3.05) is 0 Å². The van der Waals surface area contributed by atoms with E-state index in [0.29, 0.717) is 0 Å². The van der Waals surface area contributed by atoms with Crippen LogP contribution in [0.4, 0.5) is 0 Å². The lowest BCUT2D eigenvalue weighted by molar-refractivity contribution is -0.135. The van der Waals surface area contributed by atoms with Crippen LogP contribution >= 0.6 is 11.3 Å². The van der Waals surface area contributed by atoms with Crippen molar-refractivity contribution < 1.29 is 47.7 Å². The summed E-state index contributed by atoms with van der Waals surface area (Å²) in [6.45, 7) is 5.51. The summed E-state index contributed by atoms with van der Waals surface area (Å²) in [5, 5.41) is 0.0253. The normalized spacial score (nSPS) is 10.5. The maximum Gasteiger partial charge on any atom is 0.308 e. The van der Waals surface area contributed by atoms with Crippen LogP contribution in [0.2, 0.25) is 0 Å². The Morgan fingerprint density at radius 3 is 1.57 bits per heavy atom. The number of carbonyl (C=O) groups excluding carboxylic acids is 5. The fourth-order valence-corrected chi connectivity index (χ4v) is 4.32. The summed E-state index contributed by atoms with van der Waals surface area (Å²) >= 11 is 0.835. The third kappa shape index (κ3) is 5.44. The van der Waals surface area contributed by atoms with E-state index in [1.165, 1.54) is 18.2 Å². The number of esters is 5. The second-order valence-electron chi connectivity index (χ2n) is 7.08. The van der Waals surface area contributed by atoms with Crippen molar-refractivity contribution in [3.8, 4) is 28.7 Å². The summed E-state index contributed by atoms with van der Waals surface area (Å²) in [5.41, 5.74) is -0.618. The van der Waals surface area contributed by atoms with Crippen molar-refractivity contribution in [2.24, 2.45) is 0 Å². The van der Waals surface area contributed by atoms with E-state index in [9.17, 15) is 28.8 Å². The molecule has 0 spiro atoms. The number of rotatable bonds is 5. The Morgan fingerprint density at radius 2 is 1.03 bits per heavy atom. The van der Waals surface area contributed by atoms with Crippen LogP contribution in [-0.2, 0) is 24.0 Å². The van der Waals surface area contributed by atoms with Crippen molar-refractivity contribution in [1.29, 1.82) is 0 Å². The molecule has 0 aliphatic heterocycles. The average molecular weight is 502 g/mol. The van der Waals surface area contributed by atoms with Crippen molar-refractivity contribution in [1.82, 2.24) is 0 Å². The second kappa shape index (κ2) is 9.89. The van der Waals surface area contributed by atoms with Gasteiger partial charge in [0.05, 0.1) is 9.40 Å². The Labute approximate surface area is 201 Å². The van der Waals surface area contributed by atoms with Gasteiger partial charge in [-0.2, -0.15) is 0 Å². The first-order chi connectivity index (χ1) is 16.4. The molecule has 0 N–H and O–H groups in total. The zero-order valence-corrected chi connectivity index (χ0v) is 19.9. The van der Waals surface area contributed by atoms with E-state index in [1.807, 2.05) is 0 Å². The predicted octanol–water partition coefficient (Wildman–Crippen LogP) is 3.04. The van der Waals surface area contributed by atoms with Crippen molar-refractivity contribution in [3.63, 3.8) is 0 Å². The molecule has 11 nitrogen and oxygen atoms in total. The lowest BCUT2D eigenvalue weighted by atomic mass is 10.1. The molecule has 0 aliphatic rings. The molecule has 0 saturated carbocycles. The lowest BCUT2D eigenvalue weighted by Gasteiger charge is -2.16. The van der Waals surface area contributed by atoms with Crippen molar-refractivity contribution >= 4 is 61.4 Å². The zero-order chi connectivity index (χ0) is 26.0. The van der Waals surface area contributed by atoms with Gasteiger partial charge in [-0.3, -0.25) is 28.8 Å².